The molecule has 0 bridgehead atoms. The monoisotopic (exact) mass is 175 g/mol. The predicted molar refractivity (Wildman–Crippen MR) is 45.5 cm³/mol. The smallest absolute Gasteiger partial charge is 0.248 e. The first-order valence-electron chi connectivity index (χ1n) is 4.10. The van der Waals surface area contributed by atoms with Gasteiger partial charge in [0.2, 0.25) is 5.91 Å². The first kappa shape index (κ1) is 11.4. The van der Waals surface area contributed by atoms with Gasteiger partial charge in [-0.3, -0.25) is 9.63 Å². The summed E-state index contributed by atoms with van der Waals surface area (Å²) in [6, 6.07) is 0. The predicted octanol–water partition coefficient (Wildman–Crippen LogP) is 0.823. The van der Waals surface area contributed by atoms with Crippen LogP contribution in [0.3, 0.4) is 0 Å². The van der Waals surface area contributed by atoms with Crippen LogP contribution in [0.5, 0.6) is 0 Å². The minimum absolute atomic E-state index is 0.0615. The van der Waals surface area contributed by atoms with Crippen molar-refractivity contribution >= 4 is 5.91 Å². The molecule has 0 fully saturated rings. The molecular formula is C8H17NO3. The van der Waals surface area contributed by atoms with E-state index in [0.717, 1.165) is 6.42 Å². The maximum Gasteiger partial charge on any atom is 0.248 e. The summed E-state index contributed by atoms with van der Waals surface area (Å²) in [4.78, 5) is 15.8. The average Bonchev–Trinajstić information content (AvgIpc) is 2.10. The molecule has 0 aromatic heterocycles. The first-order valence-corrected chi connectivity index (χ1v) is 4.10. The molecule has 0 saturated carbocycles. The molecule has 12 heavy (non-hydrogen) atoms. The normalized spacial score (nSPS) is 9.92. The molecule has 4 heteroatoms. The van der Waals surface area contributed by atoms with Gasteiger partial charge in [-0.2, -0.15) is 0 Å². The minimum Gasteiger partial charge on any atom is -0.381 e. The number of ether oxygens (including phenoxy) is 1. The number of rotatable bonds is 6. The number of nitrogens with zero attached hydrogens (tertiary/aromatic N) is 1. The molecule has 0 saturated heterocycles. The summed E-state index contributed by atoms with van der Waals surface area (Å²) in [6.07, 6.45) is 1.36. The molecule has 0 spiro atoms. The van der Waals surface area contributed by atoms with Crippen molar-refractivity contribution in [1.29, 1.82) is 0 Å². The summed E-state index contributed by atoms with van der Waals surface area (Å²) in [6.45, 7) is 3.22. The molecule has 0 radical (unpaired) electrons. The lowest BCUT2D eigenvalue weighted by Crippen LogP contribution is -2.26. The third kappa shape index (κ3) is 5.09. The second-order valence-electron chi connectivity index (χ2n) is 2.44. The van der Waals surface area contributed by atoms with Gasteiger partial charge in [-0.05, 0) is 6.42 Å². The van der Waals surface area contributed by atoms with Crippen LogP contribution in [-0.2, 0) is 14.4 Å². The Morgan fingerprint density at radius 2 is 2.08 bits per heavy atom. The van der Waals surface area contributed by atoms with Crippen LogP contribution in [0.4, 0.5) is 0 Å². The lowest BCUT2D eigenvalue weighted by atomic mass is 10.4. The number of carbonyl (C=O) groups excluding carboxylic acids is 1. The lowest BCUT2D eigenvalue weighted by molar-refractivity contribution is -0.169. The van der Waals surface area contributed by atoms with Crippen LogP contribution >= 0.6 is 0 Å². The van der Waals surface area contributed by atoms with Gasteiger partial charge in [-0.25, -0.2) is 5.06 Å². The van der Waals surface area contributed by atoms with Crippen LogP contribution in [0.25, 0.3) is 0 Å². The van der Waals surface area contributed by atoms with Gasteiger partial charge in [-0.15, -0.1) is 0 Å². The van der Waals surface area contributed by atoms with E-state index in [1.165, 1.54) is 12.2 Å². The Labute approximate surface area is 73.4 Å². The standard InChI is InChI=1S/C8H17NO3/c1-4-6-12-7-5-8(10)9(2)11-3/h4-7H2,1-3H3. The van der Waals surface area contributed by atoms with Crippen molar-refractivity contribution in [3.05, 3.63) is 0 Å². The summed E-state index contributed by atoms with van der Waals surface area (Å²) in [5.41, 5.74) is 0. The SMILES string of the molecule is CCCOCCC(=O)N(C)OC. The van der Waals surface area contributed by atoms with E-state index in [0.29, 0.717) is 19.6 Å². The van der Waals surface area contributed by atoms with Gasteiger partial charge in [0, 0.05) is 13.7 Å². The molecule has 0 aromatic carbocycles. The van der Waals surface area contributed by atoms with Crippen molar-refractivity contribution < 1.29 is 14.4 Å². The second-order valence-corrected chi connectivity index (χ2v) is 2.44. The van der Waals surface area contributed by atoms with Crippen molar-refractivity contribution in [3.8, 4) is 0 Å². The third-order valence-electron chi connectivity index (χ3n) is 1.43. The van der Waals surface area contributed by atoms with E-state index in [1.807, 2.05) is 6.92 Å². The minimum atomic E-state index is -0.0615. The molecule has 0 atom stereocenters. The van der Waals surface area contributed by atoms with Gasteiger partial charge in [0.1, 0.15) is 0 Å². The van der Waals surface area contributed by atoms with E-state index < -0.39 is 0 Å². The molecule has 0 N–H and O–H groups in total. The summed E-state index contributed by atoms with van der Waals surface area (Å²) < 4.78 is 5.15. The Hall–Kier alpha value is -0.610. The Balaban J connectivity index is 3.31. The molecule has 0 aliphatic heterocycles. The zero-order chi connectivity index (χ0) is 9.40. The zero-order valence-corrected chi connectivity index (χ0v) is 8.00. The van der Waals surface area contributed by atoms with Gasteiger partial charge in [0.05, 0.1) is 20.1 Å². The highest BCUT2D eigenvalue weighted by Crippen LogP contribution is 1.91. The molecule has 4 nitrogen and oxygen atoms in total. The van der Waals surface area contributed by atoms with Gasteiger partial charge >= 0.3 is 0 Å². The van der Waals surface area contributed by atoms with Gasteiger partial charge in [0.15, 0.2) is 0 Å². The lowest BCUT2D eigenvalue weighted by Gasteiger charge is -2.12. The van der Waals surface area contributed by atoms with Gasteiger partial charge in [0.25, 0.3) is 0 Å². The number of hydroxylamine groups is 2. The zero-order valence-electron chi connectivity index (χ0n) is 8.00. The largest absolute Gasteiger partial charge is 0.381 e. The summed E-state index contributed by atoms with van der Waals surface area (Å²) in [5, 5.41) is 1.20. The number of hydrogen-bond acceptors (Lipinski definition) is 3. The quantitative estimate of drug-likeness (QED) is 0.443. The fourth-order valence-corrected chi connectivity index (χ4v) is 0.665. The maximum absolute atomic E-state index is 11.1. The fourth-order valence-electron chi connectivity index (χ4n) is 0.665. The van der Waals surface area contributed by atoms with Gasteiger partial charge < -0.3 is 4.74 Å². The summed E-state index contributed by atoms with van der Waals surface area (Å²) >= 11 is 0. The van der Waals surface area contributed by atoms with E-state index in [-0.39, 0.29) is 5.91 Å². The maximum atomic E-state index is 11.1. The topological polar surface area (TPSA) is 38.8 Å². The highest BCUT2D eigenvalue weighted by molar-refractivity contribution is 5.74. The van der Waals surface area contributed by atoms with E-state index in [2.05, 4.69) is 0 Å². The Morgan fingerprint density at radius 1 is 1.42 bits per heavy atom. The summed E-state index contributed by atoms with van der Waals surface area (Å²) in [5.74, 6) is -0.0615. The van der Waals surface area contributed by atoms with Crippen molar-refractivity contribution in [2.45, 2.75) is 19.8 Å². The van der Waals surface area contributed by atoms with Crippen LogP contribution in [0.1, 0.15) is 19.8 Å². The van der Waals surface area contributed by atoms with Crippen molar-refractivity contribution in [1.82, 2.24) is 5.06 Å². The summed E-state index contributed by atoms with van der Waals surface area (Å²) in [7, 11) is 3.05. The van der Waals surface area contributed by atoms with Crippen molar-refractivity contribution in [3.63, 3.8) is 0 Å². The van der Waals surface area contributed by atoms with E-state index in [4.69, 9.17) is 9.57 Å². The molecule has 0 rings (SSSR count). The Morgan fingerprint density at radius 3 is 2.58 bits per heavy atom. The van der Waals surface area contributed by atoms with Crippen LogP contribution in [0, 0.1) is 0 Å². The first-order chi connectivity index (χ1) is 5.72. The van der Waals surface area contributed by atoms with Crippen LogP contribution < -0.4 is 0 Å². The van der Waals surface area contributed by atoms with Crippen LogP contribution in [0.15, 0.2) is 0 Å². The molecule has 72 valence electrons. The second kappa shape index (κ2) is 7.06. The van der Waals surface area contributed by atoms with E-state index in [1.54, 1.807) is 7.05 Å². The van der Waals surface area contributed by atoms with Crippen LogP contribution in [0.2, 0.25) is 0 Å². The Bertz CT molecular complexity index is 127. The Kier molecular flexibility index (Phi) is 6.70. The molecular weight excluding hydrogens is 158 g/mol. The van der Waals surface area contributed by atoms with E-state index >= 15 is 0 Å². The van der Waals surface area contributed by atoms with Crippen LogP contribution in [-0.4, -0.2) is 38.3 Å². The molecule has 0 aliphatic carbocycles. The molecule has 0 aromatic rings. The highest BCUT2D eigenvalue weighted by atomic mass is 16.7. The highest BCUT2D eigenvalue weighted by Gasteiger charge is 2.06. The third-order valence-corrected chi connectivity index (χ3v) is 1.43. The average molecular weight is 175 g/mol. The number of hydrogen-bond donors (Lipinski definition) is 0. The molecule has 0 aliphatic rings. The van der Waals surface area contributed by atoms with Gasteiger partial charge in [-0.1, -0.05) is 6.92 Å². The molecule has 0 unspecified atom stereocenters. The molecule has 0 heterocycles. The van der Waals surface area contributed by atoms with Crippen molar-refractivity contribution in [2.24, 2.45) is 0 Å². The number of amides is 1. The van der Waals surface area contributed by atoms with E-state index in [9.17, 15) is 4.79 Å². The fraction of sp³-hybridized carbons (Fsp3) is 0.875. The molecule has 1 amide bonds. The van der Waals surface area contributed by atoms with Crippen molar-refractivity contribution in [2.75, 3.05) is 27.4 Å². The number of carbonyl (C=O) groups is 1.